The van der Waals surface area contributed by atoms with Crippen LogP contribution in [0.15, 0.2) is 53.4 Å². The molecule has 2 aromatic rings. The van der Waals surface area contributed by atoms with Gasteiger partial charge in [-0.3, -0.25) is 0 Å². The molecule has 0 amide bonds. The topological polar surface area (TPSA) is 70.0 Å². The lowest BCUT2D eigenvalue weighted by molar-refractivity contribution is 0.564. The van der Waals surface area contributed by atoms with Crippen molar-refractivity contribution in [1.29, 1.82) is 5.26 Å². The molecule has 0 bridgehead atoms. The largest absolute Gasteiger partial charge is 0.241 e. The molecule has 0 aliphatic carbocycles. The third-order valence-corrected chi connectivity index (χ3v) is 4.49. The Morgan fingerprint density at radius 1 is 1.19 bits per heavy atom. The third kappa shape index (κ3) is 3.66. The molecular formula is C15H13FN2O2S. The molecule has 0 aliphatic heterocycles. The van der Waals surface area contributed by atoms with Gasteiger partial charge >= 0.3 is 0 Å². The maximum atomic E-state index is 13.2. The molecule has 108 valence electrons. The predicted octanol–water partition coefficient (Wildman–Crippen LogP) is 2.74. The van der Waals surface area contributed by atoms with Gasteiger partial charge in [-0.05, 0) is 42.8 Å². The summed E-state index contributed by atoms with van der Waals surface area (Å²) < 4.78 is 40.1. The number of sulfonamides is 1. The molecule has 6 heteroatoms. The van der Waals surface area contributed by atoms with Crippen LogP contribution in [-0.4, -0.2) is 8.42 Å². The van der Waals surface area contributed by atoms with Gasteiger partial charge in [0.1, 0.15) is 5.82 Å². The Kier molecular flexibility index (Phi) is 4.36. The van der Waals surface area contributed by atoms with Crippen molar-refractivity contribution in [3.63, 3.8) is 0 Å². The highest BCUT2D eigenvalue weighted by molar-refractivity contribution is 7.89. The van der Waals surface area contributed by atoms with E-state index in [1.807, 2.05) is 6.07 Å². The van der Waals surface area contributed by atoms with Crippen LogP contribution in [0.5, 0.6) is 0 Å². The van der Waals surface area contributed by atoms with Gasteiger partial charge in [0, 0.05) is 6.04 Å². The minimum absolute atomic E-state index is 0.00445. The van der Waals surface area contributed by atoms with Crippen molar-refractivity contribution in [2.45, 2.75) is 17.9 Å². The van der Waals surface area contributed by atoms with E-state index in [0.717, 1.165) is 0 Å². The van der Waals surface area contributed by atoms with E-state index in [4.69, 9.17) is 5.26 Å². The number of benzene rings is 2. The highest BCUT2D eigenvalue weighted by Crippen LogP contribution is 2.18. The average Bonchev–Trinajstić information content (AvgIpc) is 2.47. The number of rotatable bonds is 4. The average molecular weight is 304 g/mol. The van der Waals surface area contributed by atoms with Gasteiger partial charge in [0.15, 0.2) is 0 Å². The molecule has 0 spiro atoms. The lowest BCUT2D eigenvalue weighted by atomic mass is 10.1. The molecule has 1 N–H and O–H groups in total. The van der Waals surface area contributed by atoms with Crippen molar-refractivity contribution in [3.05, 3.63) is 65.5 Å². The van der Waals surface area contributed by atoms with Crippen LogP contribution in [0, 0.1) is 17.1 Å². The van der Waals surface area contributed by atoms with Crippen LogP contribution in [0.2, 0.25) is 0 Å². The lowest BCUT2D eigenvalue weighted by Gasteiger charge is -2.15. The van der Waals surface area contributed by atoms with E-state index >= 15 is 0 Å². The van der Waals surface area contributed by atoms with E-state index in [0.29, 0.717) is 5.56 Å². The van der Waals surface area contributed by atoms with Gasteiger partial charge < -0.3 is 0 Å². The van der Waals surface area contributed by atoms with Crippen molar-refractivity contribution < 1.29 is 12.8 Å². The molecule has 4 nitrogen and oxygen atoms in total. The molecule has 0 heterocycles. The van der Waals surface area contributed by atoms with Crippen LogP contribution in [-0.2, 0) is 10.0 Å². The molecule has 0 saturated heterocycles. The van der Waals surface area contributed by atoms with Crippen molar-refractivity contribution in [3.8, 4) is 6.07 Å². The number of hydrogen-bond acceptors (Lipinski definition) is 3. The maximum Gasteiger partial charge on any atom is 0.241 e. The molecule has 1 atom stereocenters. The Balaban J connectivity index is 2.27. The van der Waals surface area contributed by atoms with Crippen molar-refractivity contribution in [2.24, 2.45) is 0 Å². The Morgan fingerprint density at radius 2 is 1.90 bits per heavy atom. The Morgan fingerprint density at radius 3 is 2.57 bits per heavy atom. The van der Waals surface area contributed by atoms with Gasteiger partial charge in [-0.15, -0.1) is 0 Å². The first kappa shape index (κ1) is 15.2. The number of nitrogens with one attached hydrogen (secondary N) is 1. The minimum atomic E-state index is -3.78. The fourth-order valence-corrected chi connectivity index (χ4v) is 3.15. The second-order valence-electron chi connectivity index (χ2n) is 4.54. The summed E-state index contributed by atoms with van der Waals surface area (Å²) in [5.41, 5.74) is 0.784. The Hall–Kier alpha value is -2.23. The summed E-state index contributed by atoms with van der Waals surface area (Å²) in [4.78, 5) is 0.00445. The van der Waals surface area contributed by atoms with E-state index < -0.39 is 21.9 Å². The number of nitrogens with zero attached hydrogens (tertiary/aromatic N) is 1. The normalized spacial score (nSPS) is 12.6. The fraction of sp³-hybridized carbons (Fsp3) is 0.133. The second-order valence-corrected chi connectivity index (χ2v) is 6.25. The molecule has 21 heavy (non-hydrogen) atoms. The summed E-state index contributed by atoms with van der Waals surface area (Å²) >= 11 is 0. The first-order valence-corrected chi connectivity index (χ1v) is 7.68. The zero-order valence-electron chi connectivity index (χ0n) is 11.2. The van der Waals surface area contributed by atoms with E-state index in [1.54, 1.807) is 13.0 Å². The highest BCUT2D eigenvalue weighted by Gasteiger charge is 2.18. The molecule has 0 aliphatic rings. The lowest BCUT2D eigenvalue weighted by Crippen LogP contribution is -2.27. The summed E-state index contributed by atoms with van der Waals surface area (Å²) in [6, 6.07) is 12.8. The zero-order chi connectivity index (χ0) is 15.5. The van der Waals surface area contributed by atoms with Crippen LogP contribution >= 0.6 is 0 Å². The van der Waals surface area contributed by atoms with Gasteiger partial charge in [0.05, 0.1) is 16.5 Å². The molecule has 2 rings (SSSR count). The highest BCUT2D eigenvalue weighted by atomic mass is 32.2. The van der Waals surface area contributed by atoms with Gasteiger partial charge in [-0.25, -0.2) is 17.5 Å². The quantitative estimate of drug-likeness (QED) is 0.944. The molecule has 2 aromatic carbocycles. The van der Waals surface area contributed by atoms with Gasteiger partial charge in [-0.2, -0.15) is 5.26 Å². The molecule has 0 fully saturated rings. The van der Waals surface area contributed by atoms with Crippen molar-refractivity contribution >= 4 is 10.0 Å². The van der Waals surface area contributed by atoms with Crippen molar-refractivity contribution in [1.82, 2.24) is 4.72 Å². The summed E-state index contributed by atoms with van der Waals surface area (Å²) in [7, 11) is -3.78. The molecule has 0 saturated carbocycles. The van der Waals surface area contributed by atoms with Gasteiger partial charge in [0.25, 0.3) is 0 Å². The SMILES string of the molecule is CC(NS(=O)(=O)c1cccc(C#N)c1)c1cccc(F)c1. The standard InChI is InChI=1S/C15H13FN2O2S/c1-11(13-5-3-6-14(16)9-13)18-21(19,20)15-7-2-4-12(8-15)10-17/h2-9,11,18H,1H3. The van der Waals surface area contributed by atoms with Gasteiger partial charge in [0.2, 0.25) is 10.0 Å². The number of halogens is 1. The first-order valence-electron chi connectivity index (χ1n) is 6.20. The molecule has 0 aromatic heterocycles. The summed E-state index contributed by atoms with van der Waals surface area (Å²) in [5, 5.41) is 8.81. The number of nitriles is 1. The predicted molar refractivity (Wildman–Crippen MR) is 76.3 cm³/mol. The van der Waals surface area contributed by atoms with Gasteiger partial charge in [-0.1, -0.05) is 18.2 Å². The van der Waals surface area contributed by atoms with E-state index in [1.165, 1.54) is 42.5 Å². The van der Waals surface area contributed by atoms with Crippen molar-refractivity contribution in [2.75, 3.05) is 0 Å². The third-order valence-electron chi connectivity index (χ3n) is 2.95. The van der Waals surface area contributed by atoms with Crippen LogP contribution in [0.4, 0.5) is 4.39 Å². The molecule has 1 unspecified atom stereocenters. The Bertz CT molecular complexity index is 797. The van der Waals surface area contributed by atoms with E-state index in [9.17, 15) is 12.8 Å². The smallest absolute Gasteiger partial charge is 0.207 e. The maximum absolute atomic E-state index is 13.2. The summed E-state index contributed by atoms with van der Waals surface area (Å²) in [6.07, 6.45) is 0. The molecular weight excluding hydrogens is 291 g/mol. The summed E-state index contributed by atoms with van der Waals surface area (Å²) in [6.45, 7) is 1.63. The fourth-order valence-electron chi connectivity index (χ4n) is 1.88. The first-order chi connectivity index (χ1) is 9.92. The van der Waals surface area contributed by atoms with Crippen LogP contribution in [0.1, 0.15) is 24.1 Å². The summed E-state index contributed by atoms with van der Waals surface area (Å²) in [5.74, 6) is -0.426. The van der Waals surface area contributed by atoms with Crippen LogP contribution in [0.3, 0.4) is 0 Å². The van der Waals surface area contributed by atoms with E-state index in [-0.39, 0.29) is 10.5 Å². The van der Waals surface area contributed by atoms with Crippen LogP contribution in [0.25, 0.3) is 0 Å². The van der Waals surface area contributed by atoms with Crippen LogP contribution < -0.4 is 4.72 Å². The molecule has 0 radical (unpaired) electrons. The monoisotopic (exact) mass is 304 g/mol. The number of hydrogen-bond donors (Lipinski definition) is 1. The van der Waals surface area contributed by atoms with E-state index in [2.05, 4.69) is 4.72 Å². The zero-order valence-corrected chi connectivity index (χ0v) is 12.1. The second kappa shape index (κ2) is 6.04. The Labute approximate surface area is 122 Å². The minimum Gasteiger partial charge on any atom is -0.207 e.